The molecule has 82 valence electrons. The van der Waals surface area contributed by atoms with Gasteiger partial charge in [-0.15, -0.1) is 0 Å². The lowest BCUT2D eigenvalue weighted by Crippen LogP contribution is -2.55. The van der Waals surface area contributed by atoms with Crippen LogP contribution in [0.15, 0.2) is 0 Å². The first-order valence-electron chi connectivity index (χ1n) is 5.43. The first-order valence-corrected chi connectivity index (χ1v) is 5.43. The second-order valence-corrected chi connectivity index (χ2v) is 4.92. The van der Waals surface area contributed by atoms with Crippen LogP contribution in [0.4, 0.5) is 12.9 Å². The molecule has 1 saturated carbocycles. The second-order valence-electron chi connectivity index (χ2n) is 4.92. The van der Waals surface area contributed by atoms with Gasteiger partial charge in [-0.25, -0.2) is 0 Å². The molecule has 1 aliphatic heterocycles. The summed E-state index contributed by atoms with van der Waals surface area (Å²) in [5, 5.41) is 0. The van der Waals surface area contributed by atoms with Gasteiger partial charge >= 0.3 is 6.98 Å². The predicted molar refractivity (Wildman–Crippen MR) is 51.2 cm³/mol. The lowest BCUT2D eigenvalue weighted by atomic mass is 9.77. The zero-order valence-electron chi connectivity index (χ0n) is 8.32. The molecule has 2 aliphatic rings. The summed E-state index contributed by atoms with van der Waals surface area (Å²) in [6, 6.07) is 0. The van der Waals surface area contributed by atoms with Crippen LogP contribution in [0.3, 0.4) is 0 Å². The number of rotatable bonds is 3. The van der Waals surface area contributed by atoms with Crippen LogP contribution in [0.5, 0.6) is 0 Å². The molecule has 1 nitrogen and oxygen atoms in total. The Morgan fingerprint density at radius 1 is 1.07 bits per heavy atom. The predicted octanol–water partition coefficient (Wildman–Crippen LogP) is 2.71. The zero-order valence-corrected chi connectivity index (χ0v) is 8.32. The van der Waals surface area contributed by atoms with Crippen molar-refractivity contribution in [3.8, 4) is 0 Å². The zero-order chi connectivity index (χ0) is 10.2. The van der Waals surface area contributed by atoms with Gasteiger partial charge in [-0.2, -0.15) is 0 Å². The Morgan fingerprint density at radius 3 is 2.14 bits per heavy atom. The van der Waals surface area contributed by atoms with Gasteiger partial charge in [-0.3, -0.25) is 0 Å². The van der Waals surface area contributed by atoms with E-state index in [4.69, 9.17) is 0 Å². The number of hydrogen-bond donors (Lipinski definition) is 0. The van der Waals surface area contributed by atoms with Crippen molar-refractivity contribution in [3.63, 3.8) is 0 Å². The molecule has 1 aliphatic carbocycles. The number of halogens is 3. The minimum Gasteiger partial charge on any atom is -0.449 e. The van der Waals surface area contributed by atoms with Crippen LogP contribution in [0.25, 0.3) is 0 Å². The van der Waals surface area contributed by atoms with Gasteiger partial charge in [0, 0.05) is 13.1 Å². The van der Waals surface area contributed by atoms with Gasteiger partial charge < -0.3 is 17.8 Å². The summed E-state index contributed by atoms with van der Waals surface area (Å²) < 4.78 is 35.9. The van der Waals surface area contributed by atoms with Gasteiger partial charge in [0.05, 0.1) is 0 Å². The Bertz CT molecular complexity index is 203. The molecule has 0 aromatic rings. The Balaban J connectivity index is 1.68. The number of nitrogens with zero attached hydrogens (tertiary/aromatic N) is 1. The van der Waals surface area contributed by atoms with Crippen LogP contribution in [0.1, 0.15) is 25.7 Å². The van der Waals surface area contributed by atoms with E-state index in [2.05, 4.69) is 0 Å². The van der Waals surface area contributed by atoms with Gasteiger partial charge in [0.15, 0.2) is 0 Å². The summed E-state index contributed by atoms with van der Waals surface area (Å²) in [5.74, 6) is 0. The maximum Gasteiger partial charge on any atom is 0.479 e. The third-order valence-corrected chi connectivity index (χ3v) is 3.55. The Morgan fingerprint density at radius 2 is 1.64 bits per heavy atom. The van der Waals surface area contributed by atoms with E-state index >= 15 is 0 Å². The van der Waals surface area contributed by atoms with E-state index in [1.807, 2.05) is 4.90 Å². The average molecular weight is 206 g/mol. The molecule has 1 spiro atoms. The van der Waals surface area contributed by atoms with Crippen molar-refractivity contribution in [1.82, 2.24) is 4.90 Å². The molecular weight excluding hydrogens is 190 g/mol. The van der Waals surface area contributed by atoms with Crippen LogP contribution >= 0.6 is 0 Å². The van der Waals surface area contributed by atoms with E-state index in [1.165, 1.54) is 25.7 Å². The summed E-state index contributed by atoms with van der Waals surface area (Å²) >= 11 is 0. The lowest BCUT2D eigenvalue weighted by molar-refractivity contribution is 0.00946. The lowest BCUT2D eigenvalue weighted by Gasteiger charge is -2.49. The highest BCUT2D eigenvalue weighted by molar-refractivity contribution is 6.58. The highest BCUT2D eigenvalue weighted by Crippen LogP contribution is 2.45. The number of hydrogen-bond acceptors (Lipinski definition) is 1. The van der Waals surface area contributed by atoms with Gasteiger partial charge in [0.2, 0.25) is 0 Å². The van der Waals surface area contributed by atoms with Crippen molar-refractivity contribution in [2.45, 2.75) is 32.0 Å². The molecule has 2 fully saturated rings. The molecule has 0 amide bonds. The summed E-state index contributed by atoms with van der Waals surface area (Å²) in [5.41, 5.74) is 0.429. The monoisotopic (exact) mass is 206 g/mol. The molecule has 1 saturated heterocycles. The SMILES string of the molecule is F[B-](F)(F)CCN1CC2(CCCC2)C1. The highest BCUT2D eigenvalue weighted by Gasteiger charge is 2.44. The molecule has 0 aromatic heterocycles. The maximum atomic E-state index is 12.0. The molecule has 2 rings (SSSR count). The minimum absolute atomic E-state index is 0.227. The molecule has 0 radical (unpaired) electrons. The van der Waals surface area contributed by atoms with Crippen molar-refractivity contribution >= 4 is 6.98 Å². The summed E-state index contributed by atoms with van der Waals surface area (Å²) in [6.07, 6.45) is 4.44. The first-order chi connectivity index (χ1) is 6.49. The smallest absolute Gasteiger partial charge is 0.449 e. The molecule has 0 aromatic carbocycles. The third-order valence-electron chi connectivity index (χ3n) is 3.55. The molecule has 0 bridgehead atoms. The van der Waals surface area contributed by atoms with Gasteiger partial charge in [0.25, 0.3) is 0 Å². The van der Waals surface area contributed by atoms with Crippen LogP contribution < -0.4 is 0 Å². The molecule has 0 N–H and O–H groups in total. The Labute approximate surface area is 82.7 Å². The fraction of sp³-hybridized carbons (Fsp3) is 1.00. The van der Waals surface area contributed by atoms with E-state index in [-0.39, 0.29) is 6.54 Å². The number of likely N-dealkylation sites (tertiary alicyclic amines) is 1. The van der Waals surface area contributed by atoms with Crippen LogP contribution in [-0.4, -0.2) is 31.5 Å². The van der Waals surface area contributed by atoms with E-state index in [0.29, 0.717) is 5.41 Å². The van der Waals surface area contributed by atoms with Crippen LogP contribution in [0.2, 0.25) is 6.32 Å². The van der Waals surface area contributed by atoms with E-state index < -0.39 is 13.3 Å². The molecule has 1 heterocycles. The highest BCUT2D eigenvalue weighted by atomic mass is 19.4. The van der Waals surface area contributed by atoms with Crippen LogP contribution in [0, 0.1) is 5.41 Å². The minimum atomic E-state index is -4.58. The van der Waals surface area contributed by atoms with Crippen molar-refractivity contribution < 1.29 is 12.9 Å². The third kappa shape index (κ3) is 2.24. The topological polar surface area (TPSA) is 3.24 Å². The fourth-order valence-electron chi connectivity index (χ4n) is 2.83. The normalized spacial score (nSPS) is 26.8. The van der Waals surface area contributed by atoms with Gasteiger partial charge in [-0.1, -0.05) is 19.2 Å². The second kappa shape index (κ2) is 3.44. The van der Waals surface area contributed by atoms with E-state index in [0.717, 1.165) is 13.1 Å². The maximum absolute atomic E-state index is 12.0. The van der Waals surface area contributed by atoms with Crippen molar-refractivity contribution in [3.05, 3.63) is 0 Å². The standard InChI is InChI=1S/C9H16BF3N/c11-10(12,13)5-6-14-7-9(8-14)3-1-2-4-9/h1-8H2/q-1. The quantitative estimate of drug-likeness (QED) is 0.641. The molecule has 5 heteroatoms. The van der Waals surface area contributed by atoms with E-state index in [1.54, 1.807) is 0 Å². The first kappa shape index (κ1) is 10.3. The van der Waals surface area contributed by atoms with Crippen molar-refractivity contribution in [2.75, 3.05) is 19.6 Å². The molecule has 0 atom stereocenters. The fourth-order valence-corrected chi connectivity index (χ4v) is 2.83. The molecular formula is C9H16BF3N-. The van der Waals surface area contributed by atoms with Crippen LogP contribution in [-0.2, 0) is 0 Å². The van der Waals surface area contributed by atoms with Gasteiger partial charge in [0.1, 0.15) is 0 Å². The summed E-state index contributed by atoms with van der Waals surface area (Å²) in [7, 11) is 0. The Hall–Kier alpha value is -0.185. The van der Waals surface area contributed by atoms with Crippen molar-refractivity contribution in [1.29, 1.82) is 0 Å². The largest absolute Gasteiger partial charge is 0.479 e. The molecule has 14 heavy (non-hydrogen) atoms. The van der Waals surface area contributed by atoms with Gasteiger partial charge in [-0.05, 0) is 24.8 Å². The van der Waals surface area contributed by atoms with E-state index in [9.17, 15) is 12.9 Å². The Kier molecular flexibility index (Phi) is 2.54. The summed E-state index contributed by atoms with van der Waals surface area (Å²) in [6.45, 7) is -2.52. The van der Waals surface area contributed by atoms with Crippen molar-refractivity contribution in [2.24, 2.45) is 5.41 Å². The molecule has 0 unspecified atom stereocenters. The average Bonchev–Trinajstić information content (AvgIpc) is 2.44. The summed E-state index contributed by atoms with van der Waals surface area (Å²) in [4.78, 5) is 1.96.